The van der Waals surface area contributed by atoms with Crippen molar-refractivity contribution in [1.29, 1.82) is 0 Å². The number of hydrogen-bond donors (Lipinski definition) is 3. The third kappa shape index (κ3) is 5.02. The van der Waals surface area contributed by atoms with Crippen molar-refractivity contribution in [3.05, 3.63) is 58.3 Å². The van der Waals surface area contributed by atoms with Gasteiger partial charge in [-0.25, -0.2) is 9.83 Å². The highest BCUT2D eigenvalue weighted by Gasteiger charge is 2.13. The van der Waals surface area contributed by atoms with Crippen LogP contribution in [0.4, 0.5) is 23.1 Å². The summed E-state index contributed by atoms with van der Waals surface area (Å²) < 4.78 is 5.81. The molecule has 0 amide bonds. The van der Waals surface area contributed by atoms with Gasteiger partial charge in [0.25, 0.3) is 0 Å². The highest BCUT2D eigenvalue weighted by molar-refractivity contribution is 5.73. The zero-order chi connectivity index (χ0) is 20.8. The van der Waals surface area contributed by atoms with Crippen LogP contribution in [0, 0.1) is 27.3 Å². The first kappa shape index (κ1) is 20.1. The number of rotatable bonds is 8. The molecule has 0 aromatic carbocycles. The Bertz CT molecular complexity index is 1040. The van der Waals surface area contributed by atoms with Crippen LogP contribution in [0.15, 0.2) is 24.3 Å². The molecule has 0 aliphatic rings. The van der Waals surface area contributed by atoms with E-state index >= 15 is 0 Å². The summed E-state index contributed by atoms with van der Waals surface area (Å²) >= 11 is 0. The molecular weight excluding hydrogens is 366 g/mol. The second-order valence-electron chi connectivity index (χ2n) is 6.70. The lowest BCUT2D eigenvalue weighted by atomic mass is 10.1. The van der Waals surface area contributed by atoms with Gasteiger partial charge in [-0.15, -0.1) is 0 Å². The Hall–Kier alpha value is -3.60. The number of ether oxygens (including phenoxy) is 1. The molecule has 0 atom stereocenters. The van der Waals surface area contributed by atoms with E-state index in [1.807, 2.05) is 52.0 Å². The lowest BCUT2D eigenvalue weighted by Gasteiger charge is -2.14. The largest absolute Gasteiger partial charge is 0.490 e. The number of nitrogens with zero attached hydrogens (tertiary/aromatic N) is 4. The maximum atomic E-state index is 7.55. The Morgan fingerprint density at radius 3 is 2.62 bits per heavy atom. The normalized spacial score (nSPS) is 10.4. The average Bonchev–Trinajstić information content (AvgIpc) is 3.10. The van der Waals surface area contributed by atoms with Gasteiger partial charge in [0.05, 0.1) is 12.3 Å². The fourth-order valence-corrected chi connectivity index (χ4v) is 2.94. The van der Waals surface area contributed by atoms with E-state index in [2.05, 4.69) is 35.6 Å². The second kappa shape index (κ2) is 9.06. The Morgan fingerprint density at radius 1 is 1.14 bits per heavy atom. The maximum Gasteiger partial charge on any atom is 0.231 e. The molecule has 3 aromatic rings. The molecule has 0 bridgehead atoms. The minimum atomic E-state index is 0.433. The summed E-state index contributed by atoms with van der Waals surface area (Å²) in [5.41, 5.74) is 4.23. The van der Waals surface area contributed by atoms with Gasteiger partial charge in [-0.1, -0.05) is 6.92 Å². The van der Waals surface area contributed by atoms with Gasteiger partial charge in [0.1, 0.15) is 24.0 Å². The van der Waals surface area contributed by atoms with Crippen LogP contribution in [0.5, 0.6) is 5.75 Å². The van der Waals surface area contributed by atoms with E-state index in [1.54, 1.807) is 0 Å². The molecule has 3 heterocycles. The van der Waals surface area contributed by atoms with Crippen molar-refractivity contribution in [1.82, 2.24) is 20.2 Å². The lowest BCUT2D eigenvalue weighted by molar-refractivity contribution is 0.328. The van der Waals surface area contributed by atoms with E-state index in [4.69, 9.17) is 11.3 Å². The first-order chi connectivity index (χ1) is 14.0. The van der Waals surface area contributed by atoms with Gasteiger partial charge in [0.15, 0.2) is 5.82 Å². The fourth-order valence-electron chi connectivity index (χ4n) is 2.94. The highest BCUT2D eigenvalue weighted by atomic mass is 16.5. The van der Waals surface area contributed by atoms with Crippen molar-refractivity contribution in [2.45, 2.75) is 34.1 Å². The smallest absolute Gasteiger partial charge is 0.231 e. The van der Waals surface area contributed by atoms with E-state index in [-0.39, 0.29) is 0 Å². The molecule has 0 saturated carbocycles. The number of anilines is 3. The maximum absolute atomic E-state index is 7.55. The number of pyridine rings is 2. The molecule has 0 radical (unpaired) electrons. The molecule has 150 valence electrons. The van der Waals surface area contributed by atoms with E-state index in [0.29, 0.717) is 36.3 Å². The van der Waals surface area contributed by atoms with Gasteiger partial charge in [0, 0.05) is 24.0 Å². The molecule has 29 heavy (non-hydrogen) atoms. The monoisotopic (exact) mass is 391 g/mol. The first-order valence-corrected chi connectivity index (χ1v) is 9.51. The Balaban J connectivity index is 1.71. The Kier molecular flexibility index (Phi) is 6.29. The van der Waals surface area contributed by atoms with Gasteiger partial charge in [0.2, 0.25) is 5.69 Å². The van der Waals surface area contributed by atoms with Crippen molar-refractivity contribution in [3.63, 3.8) is 0 Å². The van der Waals surface area contributed by atoms with Gasteiger partial charge in [-0.3, -0.25) is 10.1 Å². The van der Waals surface area contributed by atoms with Gasteiger partial charge in [-0.2, -0.15) is 5.10 Å². The van der Waals surface area contributed by atoms with Gasteiger partial charge in [-0.05, 0) is 51.0 Å². The third-order valence-electron chi connectivity index (χ3n) is 4.36. The molecule has 3 N–H and O–H groups in total. The van der Waals surface area contributed by atoms with E-state index in [1.165, 1.54) is 0 Å². The molecule has 3 rings (SSSR count). The van der Waals surface area contributed by atoms with Crippen molar-refractivity contribution in [3.8, 4) is 5.75 Å². The summed E-state index contributed by atoms with van der Waals surface area (Å²) in [4.78, 5) is 12.7. The van der Waals surface area contributed by atoms with Crippen molar-refractivity contribution < 1.29 is 4.74 Å². The van der Waals surface area contributed by atoms with Crippen LogP contribution >= 0.6 is 0 Å². The van der Waals surface area contributed by atoms with Crippen LogP contribution in [0.25, 0.3) is 4.85 Å². The molecule has 0 saturated heterocycles. The lowest BCUT2D eigenvalue weighted by Crippen LogP contribution is -2.14. The summed E-state index contributed by atoms with van der Waals surface area (Å²) in [6, 6.07) is 7.63. The minimum absolute atomic E-state index is 0.433. The number of aryl methyl sites for hydroxylation is 4. The average molecular weight is 391 g/mol. The van der Waals surface area contributed by atoms with Crippen molar-refractivity contribution in [2.24, 2.45) is 0 Å². The summed E-state index contributed by atoms with van der Waals surface area (Å²) in [6.07, 6.45) is 0.730. The summed E-state index contributed by atoms with van der Waals surface area (Å²) in [5.74, 6) is 2.62. The summed E-state index contributed by atoms with van der Waals surface area (Å²) in [5, 5.41) is 13.5. The van der Waals surface area contributed by atoms with Gasteiger partial charge >= 0.3 is 0 Å². The van der Waals surface area contributed by atoms with Crippen molar-refractivity contribution in [2.75, 3.05) is 23.8 Å². The third-order valence-corrected chi connectivity index (χ3v) is 4.36. The van der Waals surface area contributed by atoms with Gasteiger partial charge < -0.3 is 15.4 Å². The van der Waals surface area contributed by atoms with E-state index in [0.717, 1.165) is 34.8 Å². The predicted molar refractivity (Wildman–Crippen MR) is 114 cm³/mol. The number of aromatic nitrogens is 4. The zero-order valence-corrected chi connectivity index (χ0v) is 17.1. The van der Waals surface area contributed by atoms with Crippen molar-refractivity contribution >= 4 is 23.1 Å². The number of H-pyrrole nitrogens is 1. The van der Waals surface area contributed by atoms with Crippen LogP contribution in [0.2, 0.25) is 0 Å². The van der Waals surface area contributed by atoms with Crippen LogP contribution in [-0.2, 0) is 6.42 Å². The molecule has 0 spiro atoms. The number of aromatic amines is 1. The highest BCUT2D eigenvalue weighted by Crippen LogP contribution is 2.31. The molecule has 0 aliphatic carbocycles. The number of hydrogen-bond acceptors (Lipinski definition) is 6. The minimum Gasteiger partial charge on any atom is -0.490 e. The van der Waals surface area contributed by atoms with Crippen LogP contribution in [-0.4, -0.2) is 33.3 Å². The standard InChI is InChI=1S/C21H25N7O/c1-6-16-12-18(25-19-11-14(3)27-28-19)26-21(20(16)22-5)23-9-10-29-17-8-7-13(2)24-15(17)4/h7-8,11-12H,6,9-10H2,1-4H3,(H3,23,25,26,27,28). The zero-order valence-electron chi connectivity index (χ0n) is 17.1. The quantitative estimate of drug-likeness (QED) is 0.387. The summed E-state index contributed by atoms with van der Waals surface area (Å²) in [6.45, 7) is 16.3. The molecule has 0 fully saturated rings. The molecule has 3 aromatic heterocycles. The first-order valence-electron chi connectivity index (χ1n) is 9.51. The molecule has 8 heteroatoms. The van der Waals surface area contributed by atoms with E-state index < -0.39 is 0 Å². The topological polar surface area (TPSA) is 92.1 Å². The number of nitrogens with one attached hydrogen (secondary N) is 3. The Morgan fingerprint density at radius 2 is 1.97 bits per heavy atom. The van der Waals surface area contributed by atoms with Crippen LogP contribution in [0.1, 0.15) is 29.6 Å². The fraction of sp³-hybridized carbons (Fsp3) is 0.333. The molecule has 8 nitrogen and oxygen atoms in total. The SMILES string of the molecule is [C-]#[N+]c1c(CC)cc(Nc2cc(C)[nH]n2)nc1NCCOc1ccc(C)nc1C. The molecular formula is C21H25N7O. The second-order valence-corrected chi connectivity index (χ2v) is 6.70. The van der Waals surface area contributed by atoms with Crippen LogP contribution < -0.4 is 15.4 Å². The Labute approximate surface area is 170 Å². The molecule has 0 unspecified atom stereocenters. The van der Waals surface area contributed by atoms with Crippen LogP contribution in [0.3, 0.4) is 0 Å². The van der Waals surface area contributed by atoms with E-state index in [9.17, 15) is 0 Å². The molecule has 0 aliphatic heterocycles. The summed E-state index contributed by atoms with van der Waals surface area (Å²) in [7, 11) is 0. The predicted octanol–water partition coefficient (Wildman–Crippen LogP) is 4.47.